The minimum absolute atomic E-state index is 0.00507. The fraction of sp³-hybridized carbons (Fsp3) is 0.500. The fourth-order valence-corrected chi connectivity index (χ4v) is 6.90. The van der Waals surface area contributed by atoms with Gasteiger partial charge in [0.25, 0.3) is 0 Å². The normalized spacial score (nSPS) is 19.7. The number of allylic oxidation sites excluding steroid dienone is 2. The van der Waals surface area contributed by atoms with Crippen molar-refractivity contribution in [1.82, 2.24) is 0 Å². The summed E-state index contributed by atoms with van der Waals surface area (Å²) < 4.78 is 4.90. The molecule has 0 amide bonds. The Balaban J connectivity index is 0.000000468. The van der Waals surface area contributed by atoms with Crippen LogP contribution < -0.4 is 0 Å². The molecule has 0 bridgehead atoms. The van der Waals surface area contributed by atoms with Crippen LogP contribution in [0.15, 0.2) is 77.9 Å². The first-order valence-electron chi connectivity index (χ1n) is 15.7. The van der Waals surface area contributed by atoms with Crippen molar-refractivity contribution in [1.29, 1.82) is 0 Å². The van der Waals surface area contributed by atoms with Gasteiger partial charge in [-0.05, 0) is 69.3 Å². The van der Waals surface area contributed by atoms with E-state index in [9.17, 15) is 34.5 Å². The molecular formula is C36H46O9. The van der Waals surface area contributed by atoms with Crippen molar-refractivity contribution >= 4 is 23.9 Å². The molecule has 4 rings (SSSR count). The number of epoxide rings is 1. The van der Waals surface area contributed by atoms with Crippen LogP contribution in [-0.2, 0) is 30.3 Å². The summed E-state index contributed by atoms with van der Waals surface area (Å²) in [7, 11) is 0. The number of aliphatic carboxylic acids is 4. The minimum atomic E-state index is -1.15. The summed E-state index contributed by atoms with van der Waals surface area (Å²) in [4.78, 5) is 47.0. The molecule has 244 valence electrons. The van der Waals surface area contributed by atoms with Crippen LogP contribution in [0.25, 0.3) is 0 Å². The molecule has 9 heteroatoms. The minimum Gasteiger partial charge on any atom is -0.478 e. The summed E-state index contributed by atoms with van der Waals surface area (Å²) >= 11 is 0. The first kappa shape index (κ1) is 35.5. The molecular weight excluding hydrogens is 576 g/mol. The van der Waals surface area contributed by atoms with Crippen LogP contribution in [0.3, 0.4) is 0 Å². The van der Waals surface area contributed by atoms with Crippen LogP contribution in [0, 0.1) is 23.2 Å². The smallest absolute Gasteiger partial charge is 0.331 e. The zero-order valence-corrected chi connectivity index (χ0v) is 26.1. The lowest BCUT2D eigenvalue weighted by atomic mass is 9.59. The zero-order chi connectivity index (χ0) is 33.1. The first-order chi connectivity index (χ1) is 21.4. The Morgan fingerprint density at radius 3 is 1.82 bits per heavy atom. The van der Waals surface area contributed by atoms with Crippen molar-refractivity contribution in [2.24, 2.45) is 23.2 Å². The molecule has 9 nitrogen and oxygen atoms in total. The molecule has 2 atom stereocenters. The SMILES string of the molecule is C=C(C(=O)O)C(C=C(C(=O)O)C(C=C(C)C(=O)O)Cc1ccccc1)(C1CCCC1)C1CCCC1.C=C(CCC1CO1)C(=O)O. The number of carboxylic acid groups (broad SMARTS) is 4. The Bertz CT molecular complexity index is 1290. The highest BCUT2D eigenvalue weighted by Crippen LogP contribution is 2.56. The fourth-order valence-electron chi connectivity index (χ4n) is 6.90. The topological polar surface area (TPSA) is 162 Å². The number of hydrogen-bond acceptors (Lipinski definition) is 5. The predicted molar refractivity (Wildman–Crippen MR) is 170 cm³/mol. The molecule has 2 saturated carbocycles. The molecule has 3 fully saturated rings. The van der Waals surface area contributed by atoms with Gasteiger partial charge in [0.05, 0.1) is 12.7 Å². The second kappa shape index (κ2) is 16.4. The lowest BCUT2D eigenvalue weighted by Crippen LogP contribution is -2.40. The largest absolute Gasteiger partial charge is 0.478 e. The van der Waals surface area contributed by atoms with E-state index in [2.05, 4.69) is 13.2 Å². The van der Waals surface area contributed by atoms with E-state index in [1.165, 1.54) is 13.0 Å². The van der Waals surface area contributed by atoms with Gasteiger partial charge in [0.2, 0.25) is 0 Å². The van der Waals surface area contributed by atoms with Gasteiger partial charge in [-0.3, -0.25) is 0 Å². The summed E-state index contributed by atoms with van der Waals surface area (Å²) in [5.74, 6) is -4.98. The summed E-state index contributed by atoms with van der Waals surface area (Å²) in [6.07, 6.45) is 12.4. The zero-order valence-electron chi connectivity index (χ0n) is 26.1. The molecule has 1 aromatic rings. The molecule has 1 aliphatic heterocycles. The Labute approximate surface area is 265 Å². The van der Waals surface area contributed by atoms with Gasteiger partial charge in [0.15, 0.2) is 0 Å². The highest BCUT2D eigenvalue weighted by molar-refractivity contribution is 5.92. The third kappa shape index (κ3) is 9.75. The number of hydrogen-bond donors (Lipinski definition) is 4. The van der Waals surface area contributed by atoms with E-state index >= 15 is 0 Å². The van der Waals surface area contributed by atoms with Gasteiger partial charge in [-0.15, -0.1) is 0 Å². The van der Waals surface area contributed by atoms with Crippen LogP contribution >= 0.6 is 0 Å². The molecule has 2 aliphatic carbocycles. The molecule has 1 heterocycles. The summed E-state index contributed by atoms with van der Waals surface area (Å²) in [6, 6.07) is 9.35. The Morgan fingerprint density at radius 1 is 0.867 bits per heavy atom. The van der Waals surface area contributed by atoms with Crippen molar-refractivity contribution in [3.05, 3.63) is 83.5 Å². The number of rotatable bonds is 15. The lowest BCUT2D eigenvalue weighted by Gasteiger charge is -2.43. The second-order valence-electron chi connectivity index (χ2n) is 12.4. The molecule has 0 spiro atoms. The van der Waals surface area contributed by atoms with Crippen LogP contribution in [0.1, 0.15) is 76.7 Å². The predicted octanol–water partition coefficient (Wildman–Crippen LogP) is 6.70. The van der Waals surface area contributed by atoms with Gasteiger partial charge in [-0.25, -0.2) is 19.2 Å². The maximum atomic E-state index is 12.8. The Hall–Kier alpha value is -3.98. The van der Waals surface area contributed by atoms with E-state index in [0.29, 0.717) is 18.9 Å². The molecule has 0 radical (unpaired) electrons. The van der Waals surface area contributed by atoms with Gasteiger partial charge >= 0.3 is 23.9 Å². The molecule has 1 aromatic carbocycles. The summed E-state index contributed by atoms with van der Waals surface area (Å²) in [5.41, 5.74) is 0.358. The highest BCUT2D eigenvalue weighted by Gasteiger charge is 2.50. The van der Waals surface area contributed by atoms with Crippen LogP contribution in [-0.4, -0.2) is 57.0 Å². The quantitative estimate of drug-likeness (QED) is 0.123. The third-order valence-corrected chi connectivity index (χ3v) is 9.44. The van der Waals surface area contributed by atoms with Gasteiger partial charge in [-0.2, -0.15) is 0 Å². The van der Waals surface area contributed by atoms with Crippen molar-refractivity contribution in [3.63, 3.8) is 0 Å². The maximum absolute atomic E-state index is 12.8. The standard InChI is InChI=1S/C29H36O6.C7H10O3/c1-19(26(30)31)16-22(17-21-10-4-3-5-11-21)25(28(34)35)18-29(20(2)27(32)33,23-12-6-7-13-23)24-14-8-9-15-24;1-5(7(8)9)2-3-6-4-10-6/h3-5,10-11,16,18,22-24H,2,6-9,12-15,17H2,1H3,(H,30,31)(H,32,33)(H,34,35);6H,1-4H2,(H,8,9). The molecule has 45 heavy (non-hydrogen) atoms. The lowest BCUT2D eigenvalue weighted by molar-refractivity contribution is -0.135. The van der Waals surface area contributed by atoms with Crippen molar-refractivity contribution in [2.45, 2.75) is 83.7 Å². The second-order valence-corrected chi connectivity index (χ2v) is 12.4. The van der Waals surface area contributed by atoms with E-state index < -0.39 is 35.2 Å². The molecule has 4 N–H and O–H groups in total. The Kier molecular flexibility index (Phi) is 12.9. The number of ether oxygens (including phenoxy) is 1. The van der Waals surface area contributed by atoms with Gasteiger partial charge < -0.3 is 25.2 Å². The number of carboxylic acids is 4. The average Bonchev–Trinajstić information content (AvgIpc) is 3.40. The van der Waals surface area contributed by atoms with Gasteiger partial charge in [0, 0.05) is 33.6 Å². The molecule has 1 saturated heterocycles. The maximum Gasteiger partial charge on any atom is 0.331 e. The van der Waals surface area contributed by atoms with E-state index in [4.69, 9.17) is 9.84 Å². The first-order valence-corrected chi connectivity index (χ1v) is 15.7. The monoisotopic (exact) mass is 622 g/mol. The van der Waals surface area contributed by atoms with Crippen LogP contribution in [0.5, 0.6) is 0 Å². The number of benzene rings is 1. The Morgan fingerprint density at radius 2 is 1.40 bits per heavy atom. The highest BCUT2D eigenvalue weighted by atomic mass is 16.6. The van der Waals surface area contributed by atoms with E-state index in [-0.39, 0.29) is 34.1 Å². The van der Waals surface area contributed by atoms with Crippen LogP contribution in [0.2, 0.25) is 0 Å². The summed E-state index contributed by atoms with van der Waals surface area (Å²) in [6.45, 7) is 9.65. The number of carbonyl (C=O) groups is 4. The van der Waals surface area contributed by atoms with Crippen molar-refractivity contribution in [2.75, 3.05) is 6.61 Å². The third-order valence-electron chi connectivity index (χ3n) is 9.44. The molecule has 2 unspecified atom stereocenters. The van der Waals surface area contributed by atoms with Crippen molar-refractivity contribution < 1.29 is 44.3 Å². The van der Waals surface area contributed by atoms with E-state index in [1.807, 2.05) is 30.3 Å². The van der Waals surface area contributed by atoms with Gasteiger partial charge in [0.1, 0.15) is 0 Å². The summed E-state index contributed by atoms with van der Waals surface area (Å²) in [5, 5.41) is 38.4. The molecule has 0 aromatic heterocycles. The van der Waals surface area contributed by atoms with E-state index in [1.54, 1.807) is 6.08 Å². The van der Waals surface area contributed by atoms with E-state index in [0.717, 1.165) is 70.0 Å². The van der Waals surface area contributed by atoms with Crippen LogP contribution in [0.4, 0.5) is 0 Å². The van der Waals surface area contributed by atoms with Crippen molar-refractivity contribution in [3.8, 4) is 0 Å². The molecule has 3 aliphatic rings. The van der Waals surface area contributed by atoms with Gasteiger partial charge in [-0.1, -0.05) is 81.3 Å². The average molecular weight is 623 g/mol.